The van der Waals surface area contributed by atoms with E-state index in [4.69, 9.17) is 0 Å². The van der Waals surface area contributed by atoms with Crippen molar-refractivity contribution in [3.63, 3.8) is 0 Å². The summed E-state index contributed by atoms with van der Waals surface area (Å²) in [4.78, 5) is 9.73. The standard InChI is InChI=1S/C6H4NO/c8-7-6-4-2-1-3-5-6/h1-4H/q+1. The molecule has 0 atom stereocenters. The van der Waals surface area contributed by atoms with Crippen molar-refractivity contribution in [2.24, 2.45) is 5.18 Å². The van der Waals surface area contributed by atoms with Gasteiger partial charge in [-0.1, -0.05) is 0 Å². The van der Waals surface area contributed by atoms with Crippen LogP contribution >= 0.6 is 0 Å². The van der Waals surface area contributed by atoms with E-state index in [9.17, 15) is 4.91 Å². The number of allylic oxidation sites excluding steroid dienone is 5. The average molecular weight is 106 g/mol. The lowest BCUT2D eigenvalue weighted by atomic mass is 10.3. The Morgan fingerprint density at radius 3 is 2.75 bits per heavy atom. The van der Waals surface area contributed by atoms with E-state index >= 15 is 0 Å². The molecule has 0 saturated carbocycles. The van der Waals surface area contributed by atoms with Crippen LogP contribution in [0.2, 0.25) is 0 Å². The Balaban J connectivity index is 2.82. The van der Waals surface area contributed by atoms with Gasteiger partial charge in [-0.05, 0) is 0 Å². The molecule has 0 radical (unpaired) electrons. The maximum Gasteiger partial charge on any atom is 0.269 e. The second-order valence-corrected chi connectivity index (χ2v) is 1.34. The summed E-state index contributed by atoms with van der Waals surface area (Å²) in [6.45, 7) is 0. The summed E-state index contributed by atoms with van der Waals surface area (Å²) in [5.41, 5.74) is 0.354. The van der Waals surface area contributed by atoms with Gasteiger partial charge in [0.25, 0.3) is 5.70 Å². The third-order valence-electron chi connectivity index (χ3n) is 0.791. The van der Waals surface area contributed by atoms with Crippen molar-refractivity contribution in [2.45, 2.75) is 0 Å². The first kappa shape index (κ1) is 4.88. The Kier molecular flexibility index (Phi) is 1.31. The van der Waals surface area contributed by atoms with Crippen molar-refractivity contribution >= 4 is 0 Å². The van der Waals surface area contributed by atoms with Crippen LogP contribution < -0.4 is 0 Å². The Morgan fingerprint density at radius 1 is 1.50 bits per heavy atom. The highest BCUT2D eigenvalue weighted by atomic mass is 16.3. The zero-order valence-electron chi connectivity index (χ0n) is 4.16. The minimum absolute atomic E-state index is 0.354. The molecule has 1 aliphatic rings. The van der Waals surface area contributed by atoms with Crippen LogP contribution in [0, 0.1) is 11.0 Å². The van der Waals surface area contributed by atoms with Crippen molar-refractivity contribution in [1.82, 2.24) is 0 Å². The maximum atomic E-state index is 9.73. The lowest BCUT2D eigenvalue weighted by Gasteiger charge is -1.75. The van der Waals surface area contributed by atoms with Crippen LogP contribution in [0.3, 0.4) is 0 Å². The van der Waals surface area contributed by atoms with Crippen molar-refractivity contribution < 1.29 is 0 Å². The molecule has 1 aliphatic carbocycles. The van der Waals surface area contributed by atoms with Crippen LogP contribution in [0.5, 0.6) is 0 Å². The molecule has 0 aliphatic heterocycles. The Hall–Kier alpha value is -1.27. The molecule has 38 valence electrons. The van der Waals surface area contributed by atoms with Crippen LogP contribution in [0.1, 0.15) is 0 Å². The maximum absolute atomic E-state index is 9.73. The molecule has 0 N–H and O–H groups in total. The van der Waals surface area contributed by atoms with Gasteiger partial charge >= 0.3 is 0 Å². The van der Waals surface area contributed by atoms with Gasteiger partial charge in [0.2, 0.25) is 0 Å². The van der Waals surface area contributed by atoms with Crippen LogP contribution in [0.25, 0.3) is 0 Å². The molecule has 0 fully saturated rings. The van der Waals surface area contributed by atoms with Gasteiger partial charge in [-0.2, -0.15) is 0 Å². The molecule has 0 bridgehead atoms. The molecule has 8 heavy (non-hydrogen) atoms. The third-order valence-corrected chi connectivity index (χ3v) is 0.791. The molecule has 0 saturated heterocycles. The molecule has 0 unspecified atom stereocenters. The average Bonchev–Trinajstić information content (AvgIpc) is 1.90. The fourth-order valence-electron chi connectivity index (χ4n) is 0.441. The van der Waals surface area contributed by atoms with E-state index in [1.807, 2.05) is 0 Å². The second-order valence-electron chi connectivity index (χ2n) is 1.34. The molecule has 0 aromatic rings. The van der Waals surface area contributed by atoms with E-state index in [1.54, 1.807) is 24.3 Å². The summed E-state index contributed by atoms with van der Waals surface area (Å²) in [5, 5.41) is 2.66. The number of hydrogen-bond donors (Lipinski definition) is 0. The first-order valence-electron chi connectivity index (χ1n) is 2.23. The topological polar surface area (TPSA) is 29.4 Å². The molecule has 0 aromatic heterocycles. The Bertz CT molecular complexity index is 177. The third kappa shape index (κ3) is 0.863. The summed E-state index contributed by atoms with van der Waals surface area (Å²) in [5.74, 6) is 0. The molecule has 0 amide bonds. The summed E-state index contributed by atoms with van der Waals surface area (Å²) in [6.07, 6.45) is 9.42. The monoisotopic (exact) mass is 106 g/mol. The van der Waals surface area contributed by atoms with Crippen LogP contribution in [0.15, 0.2) is 35.2 Å². The van der Waals surface area contributed by atoms with E-state index in [0.29, 0.717) is 5.70 Å². The fraction of sp³-hybridized carbons (Fsp3) is 0. The van der Waals surface area contributed by atoms with Gasteiger partial charge in [-0.15, -0.1) is 4.91 Å². The zero-order chi connectivity index (χ0) is 5.82. The summed E-state index contributed by atoms with van der Waals surface area (Å²) in [7, 11) is 0. The molecule has 0 spiro atoms. The van der Waals surface area contributed by atoms with E-state index < -0.39 is 0 Å². The van der Waals surface area contributed by atoms with E-state index in [0.717, 1.165) is 0 Å². The SMILES string of the molecule is O=NC1=CC=CC=[C+]1. The van der Waals surface area contributed by atoms with Crippen LogP contribution in [-0.2, 0) is 0 Å². The van der Waals surface area contributed by atoms with Gasteiger partial charge in [0, 0.05) is 11.3 Å². The normalized spacial score (nSPS) is 14.8. The molecule has 2 nitrogen and oxygen atoms in total. The van der Waals surface area contributed by atoms with Gasteiger partial charge in [0.05, 0.1) is 18.2 Å². The van der Waals surface area contributed by atoms with Crippen molar-refractivity contribution in [1.29, 1.82) is 0 Å². The second kappa shape index (κ2) is 2.15. The van der Waals surface area contributed by atoms with E-state index in [1.165, 1.54) is 0 Å². The van der Waals surface area contributed by atoms with E-state index in [-0.39, 0.29) is 0 Å². The largest absolute Gasteiger partial charge is 0.269 e. The van der Waals surface area contributed by atoms with Crippen LogP contribution in [0.4, 0.5) is 0 Å². The molecule has 0 heterocycles. The van der Waals surface area contributed by atoms with E-state index in [2.05, 4.69) is 11.3 Å². The lowest BCUT2D eigenvalue weighted by Crippen LogP contribution is -1.72. The number of rotatable bonds is 1. The molecular formula is C6H4NO+. The quantitative estimate of drug-likeness (QED) is 0.368. The highest BCUT2D eigenvalue weighted by molar-refractivity contribution is 5.26. The molecule has 1 rings (SSSR count). The number of nitroso groups, excluding NO2 is 1. The highest BCUT2D eigenvalue weighted by Gasteiger charge is 1.99. The molecule has 0 aromatic carbocycles. The summed E-state index contributed by atoms with van der Waals surface area (Å²) < 4.78 is 0. The predicted molar refractivity (Wildman–Crippen MR) is 30.8 cm³/mol. The zero-order valence-corrected chi connectivity index (χ0v) is 4.16. The van der Waals surface area contributed by atoms with Gasteiger partial charge in [0.1, 0.15) is 6.08 Å². The number of hydrogen-bond acceptors (Lipinski definition) is 2. The number of nitrogens with zero attached hydrogens (tertiary/aromatic N) is 1. The first-order valence-corrected chi connectivity index (χ1v) is 2.23. The smallest absolute Gasteiger partial charge is 0.141 e. The summed E-state index contributed by atoms with van der Waals surface area (Å²) in [6, 6.07) is 0. The lowest BCUT2D eigenvalue weighted by molar-refractivity contribution is 1.35. The highest BCUT2D eigenvalue weighted by Crippen LogP contribution is 2.01. The van der Waals surface area contributed by atoms with Gasteiger partial charge in [0.15, 0.2) is 0 Å². The first-order chi connectivity index (χ1) is 3.93. The van der Waals surface area contributed by atoms with Gasteiger partial charge < -0.3 is 0 Å². The van der Waals surface area contributed by atoms with Gasteiger partial charge in [-0.3, -0.25) is 0 Å². The summed E-state index contributed by atoms with van der Waals surface area (Å²) >= 11 is 0. The minimum Gasteiger partial charge on any atom is -0.141 e. The van der Waals surface area contributed by atoms with Crippen molar-refractivity contribution in [3.8, 4) is 0 Å². The van der Waals surface area contributed by atoms with Crippen LogP contribution in [-0.4, -0.2) is 0 Å². The molecular weight excluding hydrogens is 102 g/mol. The Labute approximate surface area is 47.2 Å². The fourth-order valence-corrected chi connectivity index (χ4v) is 0.441. The predicted octanol–water partition coefficient (Wildman–Crippen LogP) is 1.57. The van der Waals surface area contributed by atoms with Gasteiger partial charge in [-0.25, -0.2) is 0 Å². The minimum atomic E-state index is 0.354. The van der Waals surface area contributed by atoms with Crippen molar-refractivity contribution in [3.05, 3.63) is 41.0 Å². The molecule has 2 heteroatoms. The Morgan fingerprint density at radius 2 is 2.38 bits per heavy atom. The van der Waals surface area contributed by atoms with Crippen molar-refractivity contribution in [2.75, 3.05) is 0 Å².